The number of hydrogen-bond acceptors (Lipinski definition) is 2. The Kier molecular flexibility index (Phi) is 4.87. The number of alkyl halides is 1. The van der Waals surface area contributed by atoms with Crippen LogP contribution in [0.1, 0.15) is 39.0 Å². The van der Waals surface area contributed by atoms with Gasteiger partial charge in [-0.1, -0.05) is 19.8 Å². The highest BCUT2D eigenvalue weighted by molar-refractivity contribution is 7.89. The molecule has 0 N–H and O–H groups in total. The minimum absolute atomic E-state index is 0.00281. The monoisotopic (exact) mass is 253 g/mol. The molecule has 90 valence electrons. The van der Waals surface area contributed by atoms with Gasteiger partial charge in [0.25, 0.3) is 0 Å². The normalized spacial score (nSPS) is 28.3. The second-order valence-electron chi connectivity index (χ2n) is 4.20. The molecule has 1 aliphatic rings. The second kappa shape index (κ2) is 5.51. The van der Waals surface area contributed by atoms with Crippen LogP contribution in [-0.2, 0) is 10.0 Å². The smallest absolute Gasteiger partial charge is 0.212 e. The Hall–Kier alpha value is 0.200. The molecule has 0 heterocycles. The summed E-state index contributed by atoms with van der Waals surface area (Å²) in [6.07, 6.45) is 4.68. The lowest BCUT2D eigenvalue weighted by atomic mass is 9.95. The number of nitrogens with zero attached hydrogens (tertiary/aromatic N) is 1. The molecule has 0 aromatic heterocycles. The van der Waals surface area contributed by atoms with Crippen LogP contribution in [0, 0.1) is 0 Å². The van der Waals surface area contributed by atoms with E-state index in [4.69, 9.17) is 11.6 Å². The van der Waals surface area contributed by atoms with E-state index in [1.165, 1.54) is 4.31 Å². The van der Waals surface area contributed by atoms with E-state index >= 15 is 0 Å². The Labute approximate surface area is 97.8 Å². The van der Waals surface area contributed by atoms with Crippen LogP contribution in [0.2, 0.25) is 0 Å². The molecule has 2 unspecified atom stereocenters. The predicted octanol–water partition coefficient (Wildman–Crippen LogP) is 2.21. The standard InChI is InChI=1S/C10H20ClNO2S/c1-3-8-15(13,14)12(2)10-7-5-4-6-9(10)11/h9-10H,3-8H2,1-2H3. The number of rotatable bonds is 4. The summed E-state index contributed by atoms with van der Waals surface area (Å²) in [6.45, 7) is 1.88. The average Bonchev–Trinajstić information content (AvgIpc) is 2.17. The van der Waals surface area contributed by atoms with E-state index in [0.717, 1.165) is 25.7 Å². The molecule has 0 aromatic carbocycles. The van der Waals surface area contributed by atoms with Gasteiger partial charge in [0.15, 0.2) is 0 Å². The third-order valence-electron chi connectivity index (χ3n) is 3.02. The van der Waals surface area contributed by atoms with Gasteiger partial charge in [-0.25, -0.2) is 12.7 Å². The summed E-state index contributed by atoms with van der Waals surface area (Å²) >= 11 is 6.18. The highest BCUT2D eigenvalue weighted by Crippen LogP contribution is 2.28. The average molecular weight is 254 g/mol. The van der Waals surface area contributed by atoms with E-state index in [-0.39, 0.29) is 17.2 Å². The van der Waals surface area contributed by atoms with Crippen molar-refractivity contribution in [2.24, 2.45) is 0 Å². The van der Waals surface area contributed by atoms with Crippen LogP contribution in [0.15, 0.2) is 0 Å². The molecular weight excluding hydrogens is 234 g/mol. The molecule has 1 aliphatic carbocycles. The van der Waals surface area contributed by atoms with Gasteiger partial charge in [0, 0.05) is 13.1 Å². The van der Waals surface area contributed by atoms with Crippen molar-refractivity contribution < 1.29 is 8.42 Å². The molecule has 0 bridgehead atoms. The first kappa shape index (κ1) is 13.3. The van der Waals surface area contributed by atoms with Gasteiger partial charge in [-0.05, 0) is 19.3 Å². The molecule has 15 heavy (non-hydrogen) atoms. The third-order valence-corrected chi connectivity index (χ3v) is 5.60. The topological polar surface area (TPSA) is 37.4 Å². The lowest BCUT2D eigenvalue weighted by Crippen LogP contribution is -2.45. The van der Waals surface area contributed by atoms with Gasteiger partial charge in [0.2, 0.25) is 10.0 Å². The summed E-state index contributed by atoms with van der Waals surface area (Å²) in [5.41, 5.74) is 0. The van der Waals surface area contributed by atoms with Crippen LogP contribution < -0.4 is 0 Å². The molecule has 0 aromatic rings. The van der Waals surface area contributed by atoms with Gasteiger partial charge < -0.3 is 0 Å². The Balaban J connectivity index is 2.69. The van der Waals surface area contributed by atoms with Crippen molar-refractivity contribution in [2.45, 2.75) is 50.4 Å². The van der Waals surface area contributed by atoms with Crippen LogP contribution in [-0.4, -0.2) is 36.9 Å². The first-order chi connectivity index (χ1) is 6.99. The molecule has 2 atom stereocenters. The van der Waals surface area contributed by atoms with Crippen molar-refractivity contribution in [3.05, 3.63) is 0 Å². The van der Waals surface area contributed by atoms with E-state index in [2.05, 4.69) is 0 Å². The SMILES string of the molecule is CCCS(=O)(=O)N(C)C1CCCCC1Cl. The quantitative estimate of drug-likeness (QED) is 0.721. The van der Waals surface area contributed by atoms with Crippen LogP contribution in [0.3, 0.4) is 0 Å². The van der Waals surface area contributed by atoms with E-state index < -0.39 is 10.0 Å². The van der Waals surface area contributed by atoms with Gasteiger partial charge in [-0.3, -0.25) is 0 Å². The summed E-state index contributed by atoms with van der Waals surface area (Å²) in [5.74, 6) is 0.226. The minimum atomic E-state index is -3.09. The molecule has 0 saturated heterocycles. The largest absolute Gasteiger partial charge is 0.214 e. The van der Waals surface area contributed by atoms with Crippen molar-refractivity contribution in [1.82, 2.24) is 4.31 Å². The van der Waals surface area contributed by atoms with Crippen molar-refractivity contribution in [2.75, 3.05) is 12.8 Å². The zero-order valence-corrected chi connectivity index (χ0v) is 11.0. The van der Waals surface area contributed by atoms with Crippen LogP contribution >= 0.6 is 11.6 Å². The fraction of sp³-hybridized carbons (Fsp3) is 1.00. The fourth-order valence-corrected chi connectivity index (χ4v) is 4.07. The lowest BCUT2D eigenvalue weighted by molar-refractivity contribution is 0.291. The highest BCUT2D eigenvalue weighted by Gasteiger charge is 2.32. The van der Waals surface area contributed by atoms with E-state index in [1.54, 1.807) is 7.05 Å². The van der Waals surface area contributed by atoms with Crippen LogP contribution in [0.4, 0.5) is 0 Å². The van der Waals surface area contributed by atoms with E-state index in [1.807, 2.05) is 6.92 Å². The molecular formula is C10H20ClNO2S. The van der Waals surface area contributed by atoms with Crippen LogP contribution in [0.25, 0.3) is 0 Å². The molecule has 0 spiro atoms. The van der Waals surface area contributed by atoms with Gasteiger partial charge in [-0.15, -0.1) is 11.6 Å². The number of halogens is 1. The van der Waals surface area contributed by atoms with Gasteiger partial charge in [0.1, 0.15) is 0 Å². The Morgan fingerprint density at radius 1 is 1.33 bits per heavy atom. The van der Waals surface area contributed by atoms with Crippen LogP contribution in [0.5, 0.6) is 0 Å². The Morgan fingerprint density at radius 2 is 1.93 bits per heavy atom. The first-order valence-electron chi connectivity index (χ1n) is 5.59. The minimum Gasteiger partial charge on any atom is -0.212 e. The molecule has 1 saturated carbocycles. The van der Waals surface area contributed by atoms with E-state index in [0.29, 0.717) is 6.42 Å². The summed E-state index contributed by atoms with van der Waals surface area (Å²) in [7, 11) is -1.43. The van der Waals surface area contributed by atoms with E-state index in [9.17, 15) is 8.42 Å². The Bertz CT molecular complexity index is 292. The Morgan fingerprint density at radius 3 is 2.47 bits per heavy atom. The fourth-order valence-electron chi connectivity index (χ4n) is 2.08. The van der Waals surface area contributed by atoms with Crippen molar-refractivity contribution in [1.29, 1.82) is 0 Å². The van der Waals surface area contributed by atoms with Gasteiger partial charge >= 0.3 is 0 Å². The molecule has 1 fully saturated rings. The first-order valence-corrected chi connectivity index (χ1v) is 7.63. The molecule has 0 aliphatic heterocycles. The second-order valence-corrected chi connectivity index (χ2v) is 6.91. The number of sulfonamides is 1. The summed E-state index contributed by atoms with van der Waals surface area (Å²) in [6, 6.07) is -0.00281. The molecule has 1 rings (SSSR count). The zero-order chi connectivity index (χ0) is 11.5. The lowest BCUT2D eigenvalue weighted by Gasteiger charge is -2.34. The maximum absolute atomic E-state index is 11.8. The van der Waals surface area contributed by atoms with Crippen molar-refractivity contribution >= 4 is 21.6 Å². The maximum atomic E-state index is 11.8. The van der Waals surface area contributed by atoms with Crippen molar-refractivity contribution in [3.8, 4) is 0 Å². The molecule has 0 amide bonds. The summed E-state index contributed by atoms with van der Waals surface area (Å²) < 4.78 is 25.2. The molecule has 3 nitrogen and oxygen atoms in total. The zero-order valence-electron chi connectivity index (χ0n) is 9.45. The van der Waals surface area contributed by atoms with Gasteiger partial charge in [0.05, 0.1) is 11.1 Å². The third kappa shape index (κ3) is 3.33. The molecule has 5 heteroatoms. The summed E-state index contributed by atoms with van der Waals surface area (Å²) in [5, 5.41) is -0.0182. The predicted molar refractivity (Wildman–Crippen MR) is 63.7 cm³/mol. The maximum Gasteiger partial charge on any atom is 0.214 e. The highest BCUT2D eigenvalue weighted by atomic mass is 35.5. The summed E-state index contributed by atoms with van der Waals surface area (Å²) in [4.78, 5) is 0. The van der Waals surface area contributed by atoms with Gasteiger partial charge in [-0.2, -0.15) is 0 Å². The molecule has 0 radical (unpaired) electrons. The number of hydrogen-bond donors (Lipinski definition) is 0. The van der Waals surface area contributed by atoms with Crippen molar-refractivity contribution in [3.63, 3.8) is 0 Å².